The standard InChI is InChI=1S/C26H26FN3O4S/c1-17-4-11-23-25(14-17)34-24-15-20(33-3)7-10-22(24)26(28-23)29-12-13-30(18(2)16-29)35(31,32)21-8-5-19(27)6-9-21/h4-11,14-15,18H,12-13,16H2,1-3H3. The Morgan fingerprint density at radius 3 is 2.51 bits per heavy atom. The zero-order valence-corrected chi connectivity index (χ0v) is 20.5. The van der Waals surface area contributed by atoms with Gasteiger partial charge in [-0.2, -0.15) is 4.31 Å². The van der Waals surface area contributed by atoms with Crippen molar-refractivity contribution in [2.75, 3.05) is 26.7 Å². The fourth-order valence-corrected chi connectivity index (χ4v) is 6.07. The Bertz CT molecular complexity index is 1410. The normalized spacial score (nSPS) is 18.1. The van der Waals surface area contributed by atoms with Crippen molar-refractivity contribution in [2.24, 2.45) is 4.99 Å². The van der Waals surface area contributed by atoms with Crippen LogP contribution in [0.25, 0.3) is 0 Å². The van der Waals surface area contributed by atoms with Gasteiger partial charge in [-0.25, -0.2) is 17.8 Å². The molecule has 0 bridgehead atoms. The predicted molar refractivity (Wildman–Crippen MR) is 132 cm³/mol. The van der Waals surface area contributed by atoms with Crippen molar-refractivity contribution < 1.29 is 22.3 Å². The van der Waals surface area contributed by atoms with Crippen LogP contribution in [0.5, 0.6) is 17.2 Å². The van der Waals surface area contributed by atoms with Crippen molar-refractivity contribution in [1.82, 2.24) is 9.21 Å². The third kappa shape index (κ3) is 4.37. The van der Waals surface area contributed by atoms with Crippen LogP contribution in [-0.2, 0) is 10.0 Å². The van der Waals surface area contributed by atoms with Gasteiger partial charge in [-0.05, 0) is 67.9 Å². The number of amidine groups is 1. The van der Waals surface area contributed by atoms with E-state index in [0.29, 0.717) is 36.0 Å². The zero-order chi connectivity index (χ0) is 24.7. The molecule has 1 fully saturated rings. The number of piperazine rings is 1. The zero-order valence-electron chi connectivity index (χ0n) is 19.7. The van der Waals surface area contributed by atoms with Gasteiger partial charge in [-0.15, -0.1) is 0 Å². The molecule has 0 aromatic heterocycles. The Kier molecular flexibility index (Phi) is 5.98. The summed E-state index contributed by atoms with van der Waals surface area (Å²) in [7, 11) is -2.15. The highest BCUT2D eigenvalue weighted by atomic mass is 32.2. The number of sulfonamides is 1. The average Bonchev–Trinajstić information content (AvgIpc) is 2.99. The van der Waals surface area contributed by atoms with E-state index in [1.165, 1.54) is 28.6 Å². The number of hydrogen-bond donors (Lipinski definition) is 0. The van der Waals surface area contributed by atoms with Crippen LogP contribution in [0.1, 0.15) is 18.1 Å². The number of ether oxygens (including phenoxy) is 2. The summed E-state index contributed by atoms with van der Waals surface area (Å²) in [5, 5.41) is 0. The molecule has 182 valence electrons. The molecule has 7 nitrogen and oxygen atoms in total. The van der Waals surface area contributed by atoms with Crippen molar-refractivity contribution in [3.8, 4) is 17.2 Å². The van der Waals surface area contributed by atoms with Crippen LogP contribution in [0.4, 0.5) is 10.1 Å². The van der Waals surface area contributed by atoms with Crippen LogP contribution in [0.3, 0.4) is 0 Å². The number of nitrogens with zero attached hydrogens (tertiary/aromatic N) is 3. The lowest BCUT2D eigenvalue weighted by molar-refractivity contribution is 0.205. The van der Waals surface area contributed by atoms with Crippen molar-refractivity contribution in [3.05, 3.63) is 77.6 Å². The first kappa shape index (κ1) is 23.3. The molecule has 0 aliphatic carbocycles. The topological polar surface area (TPSA) is 71.4 Å². The number of halogens is 1. The molecule has 0 N–H and O–H groups in total. The van der Waals surface area contributed by atoms with Gasteiger partial charge in [0.05, 0.1) is 17.6 Å². The second-order valence-corrected chi connectivity index (χ2v) is 10.6. The molecule has 5 rings (SSSR count). The molecule has 3 aromatic carbocycles. The summed E-state index contributed by atoms with van der Waals surface area (Å²) in [4.78, 5) is 7.13. The van der Waals surface area contributed by atoms with Gasteiger partial charge in [0.25, 0.3) is 0 Å². The molecule has 0 radical (unpaired) electrons. The summed E-state index contributed by atoms with van der Waals surface area (Å²) < 4.78 is 52.9. The van der Waals surface area contributed by atoms with Crippen LogP contribution in [0.15, 0.2) is 70.6 Å². The number of benzene rings is 3. The number of hydrogen-bond acceptors (Lipinski definition) is 6. The summed E-state index contributed by atoms with van der Waals surface area (Å²) in [5.74, 6) is 2.20. The highest BCUT2D eigenvalue weighted by Gasteiger charge is 2.36. The Morgan fingerprint density at radius 1 is 1.03 bits per heavy atom. The molecule has 0 spiro atoms. The molecule has 35 heavy (non-hydrogen) atoms. The highest BCUT2D eigenvalue weighted by Crippen LogP contribution is 2.40. The van der Waals surface area contributed by atoms with Crippen LogP contribution >= 0.6 is 0 Å². The van der Waals surface area contributed by atoms with E-state index in [0.717, 1.165) is 17.0 Å². The first-order chi connectivity index (χ1) is 16.8. The second kappa shape index (κ2) is 8.98. The number of aryl methyl sites for hydroxylation is 1. The molecule has 2 heterocycles. The first-order valence-corrected chi connectivity index (χ1v) is 12.8. The van der Waals surface area contributed by atoms with Gasteiger partial charge in [0, 0.05) is 31.7 Å². The smallest absolute Gasteiger partial charge is 0.243 e. The van der Waals surface area contributed by atoms with E-state index in [9.17, 15) is 12.8 Å². The Labute approximate surface area is 204 Å². The van der Waals surface area contributed by atoms with E-state index >= 15 is 0 Å². The van der Waals surface area contributed by atoms with Gasteiger partial charge < -0.3 is 14.4 Å². The molecular formula is C26H26FN3O4S. The van der Waals surface area contributed by atoms with Gasteiger partial charge in [-0.3, -0.25) is 0 Å². The molecule has 9 heteroatoms. The van der Waals surface area contributed by atoms with E-state index in [1.54, 1.807) is 7.11 Å². The minimum atomic E-state index is -3.75. The van der Waals surface area contributed by atoms with Gasteiger partial charge in [0.2, 0.25) is 10.0 Å². The molecule has 2 aliphatic heterocycles. The third-order valence-electron chi connectivity index (χ3n) is 6.28. The van der Waals surface area contributed by atoms with Crippen molar-refractivity contribution in [3.63, 3.8) is 0 Å². The summed E-state index contributed by atoms with van der Waals surface area (Å²) >= 11 is 0. The number of rotatable bonds is 3. The maximum atomic E-state index is 13.3. The molecule has 0 amide bonds. The van der Waals surface area contributed by atoms with E-state index < -0.39 is 15.8 Å². The number of methoxy groups -OCH3 is 1. The van der Waals surface area contributed by atoms with Crippen LogP contribution < -0.4 is 9.47 Å². The second-order valence-electron chi connectivity index (χ2n) is 8.74. The Balaban J connectivity index is 1.49. The van der Waals surface area contributed by atoms with Crippen molar-refractivity contribution >= 4 is 21.5 Å². The van der Waals surface area contributed by atoms with Gasteiger partial charge in [0.15, 0.2) is 5.75 Å². The van der Waals surface area contributed by atoms with Crippen LogP contribution in [0.2, 0.25) is 0 Å². The Morgan fingerprint density at radius 2 is 1.80 bits per heavy atom. The molecule has 2 aliphatic rings. The average molecular weight is 496 g/mol. The number of aliphatic imine (C=N–C) groups is 1. The summed E-state index contributed by atoms with van der Waals surface area (Å²) in [6, 6.07) is 16.1. The SMILES string of the molecule is COc1ccc2c(c1)Oc1cc(C)ccc1N=C2N1CCN(S(=O)(=O)c2ccc(F)cc2)C(C)C1. The van der Waals surface area contributed by atoms with Crippen molar-refractivity contribution in [2.45, 2.75) is 24.8 Å². The van der Waals surface area contributed by atoms with Crippen LogP contribution in [-0.4, -0.2) is 56.2 Å². The maximum Gasteiger partial charge on any atom is 0.243 e. The molecular weight excluding hydrogens is 469 g/mol. The van der Waals surface area contributed by atoms with E-state index in [4.69, 9.17) is 14.5 Å². The van der Waals surface area contributed by atoms with Gasteiger partial charge in [0.1, 0.15) is 28.8 Å². The summed E-state index contributed by atoms with van der Waals surface area (Å²) in [5.41, 5.74) is 2.57. The van der Waals surface area contributed by atoms with Crippen molar-refractivity contribution in [1.29, 1.82) is 0 Å². The lowest BCUT2D eigenvalue weighted by Crippen LogP contribution is -2.55. The maximum absolute atomic E-state index is 13.3. The predicted octanol–water partition coefficient (Wildman–Crippen LogP) is 4.72. The fraction of sp³-hybridized carbons (Fsp3) is 0.269. The largest absolute Gasteiger partial charge is 0.497 e. The molecule has 1 unspecified atom stereocenters. The lowest BCUT2D eigenvalue weighted by Gasteiger charge is -2.40. The van der Waals surface area contributed by atoms with E-state index in [2.05, 4.69) is 4.90 Å². The van der Waals surface area contributed by atoms with Crippen LogP contribution in [0, 0.1) is 12.7 Å². The number of fused-ring (bicyclic) bond motifs is 2. The molecule has 0 saturated carbocycles. The fourth-order valence-electron chi connectivity index (χ4n) is 4.46. The van der Waals surface area contributed by atoms with E-state index in [1.807, 2.05) is 50.2 Å². The first-order valence-electron chi connectivity index (χ1n) is 11.3. The summed E-state index contributed by atoms with van der Waals surface area (Å²) in [6.45, 7) is 5.01. The monoisotopic (exact) mass is 495 g/mol. The van der Waals surface area contributed by atoms with E-state index in [-0.39, 0.29) is 17.5 Å². The highest BCUT2D eigenvalue weighted by molar-refractivity contribution is 7.89. The van der Waals surface area contributed by atoms with Gasteiger partial charge >= 0.3 is 0 Å². The Hall–Kier alpha value is -3.43. The third-order valence-corrected chi connectivity index (χ3v) is 8.31. The summed E-state index contributed by atoms with van der Waals surface area (Å²) in [6.07, 6.45) is 0. The minimum Gasteiger partial charge on any atom is -0.497 e. The molecule has 1 atom stereocenters. The van der Waals surface area contributed by atoms with Gasteiger partial charge in [-0.1, -0.05) is 6.07 Å². The lowest BCUT2D eigenvalue weighted by atomic mass is 10.1. The molecule has 3 aromatic rings. The quantitative estimate of drug-likeness (QED) is 0.526. The molecule has 1 saturated heterocycles. The minimum absolute atomic E-state index is 0.0844.